The van der Waals surface area contributed by atoms with Gasteiger partial charge in [-0.2, -0.15) is 15.8 Å². The van der Waals surface area contributed by atoms with Crippen LogP contribution in [0.4, 0.5) is 0 Å². The van der Waals surface area contributed by atoms with Crippen molar-refractivity contribution in [2.24, 2.45) is 0 Å². The van der Waals surface area contributed by atoms with E-state index in [1.165, 1.54) is 11.3 Å². The Morgan fingerprint density at radius 3 is 2.56 bits per heavy atom. The molecule has 2 rings (SSSR count). The lowest BCUT2D eigenvalue weighted by Gasteiger charge is -1.97. The van der Waals surface area contributed by atoms with Crippen molar-refractivity contribution in [2.45, 2.75) is 0 Å². The average molecular weight is 229 g/mol. The highest BCUT2D eigenvalue weighted by molar-refractivity contribution is 7.12. The minimum Gasteiger partial charge on any atom is -0.453 e. The summed E-state index contributed by atoms with van der Waals surface area (Å²) in [7, 11) is 0. The summed E-state index contributed by atoms with van der Waals surface area (Å²) in [6.07, 6.45) is 0. The van der Waals surface area contributed by atoms with E-state index in [4.69, 9.17) is 25.3 Å². The maximum absolute atomic E-state index is 8.96. The third kappa shape index (κ3) is 1.37. The number of hydrogen-bond donors (Lipinski definition) is 0. The normalized spacial score (nSPS) is 11.1. The number of rotatable bonds is 1. The van der Waals surface area contributed by atoms with Gasteiger partial charge in [0.05, 0.1) is 4.88 Å². The van der Waals surface area contributed by atoms with Crippen molar-refractivity contribution in [1.29, 1.82) is 15.8 Å². The first-order valence-corrected chi connectivity index (χ1v) is 5.01. The summed E-state index contributed by atoms with van der Waals surface area (Å²) < 4.78 is 10.3. The Kier molecular flexibility index (Phi) is 2.47. The molecule has 1 aliphatic heterocycles. The molecule has 0 aliphatic carbocycles. The molecule has 0 N–H and O–H groups in total. The number of allylic oxidation sites excluding steroid dienone is 2. The van der Waals surface area contributed by atoms with Gasteiger partial charge in [0.25, 0.3) is 0 Å². The van der Waals surface area contributed by atoms with Crippen molar-refractivity contribution in [3.05, 3.63) is 15.8 Å². The van der Waals surface area contributed by atoms with Gasteiger partial charge in [-0.25, -0.2) is 0 Å². The van der Waals surface area contributed by atoms with Crippen LogP contribution in [0.1, 0.15) is 4.88 Å². The van der Waals surface area contributed by atoms with Crippen molar-refractivity contribution in [2.75, 3.05) is 6.79 Å². The van der Waals surface area contributed by atoms with Gasteiger partial charge in [0, 0.05) is 5.38 Å². The topological polar surface area (TPSA) is 89.8 Å². The Balaban J connectivity index is 2.61. The van der Waals surface area contributed by atoms with Crippen LogP contribution in [0.5, 0.6) is 11.5 Å². The zero-order chi connectivity index (χ0) is 11.5. The highest BCUT2D eigenvalue weighted by Crippen LogP contribution is 2.44. The molecule has 0 amide bonds. The Hall–Kier alpha value is -2.49. The molecule has 0 fully saturated rings. The van der Waals surface area contributed by atoms with E-state index in [9.17, 15) is 0 Å². The molecule has 1 aromatic rings. The van der Waals surface area contributed by atoms with Crippen LogP contribution in [0.3, 0.4) is 0 Å². The molecule has 16 heavy (non-hydrogen) atoms. The predicted molar refractivity (Wildman–Crippen MR) is 54.2 cm³/mol. The first-order valence-electron chi connectivity index (χ1n) is 4.13. The lowest BCUT2D eigenvalue weighted by Crippen LogP contribution is -1.95. The van der Waals surface area contributed by atoms with E-state index in [-0.39, 0.29) is 17.9 Å². The van der Waals surface area contributed by atoms with E-state index in [1.807, 2.05) is 6.07 Å². The van der Waals surface area contributed by atoms with Gasteiger partial charge in [-0.3, -0.25) is 0 Å². The monoisotopic (exact) mass is 229 g/mol. The molecular formula is C10H3N3O2S. The summed E-state index contributed by atoms with van der Waals surface area (Å²) >= 11 is 1.21. The minimum atomic E-state index is -0.220. The second kappa shape index (κ2) is 3.94. The SMILES string of the molecule is N#CC(C#N)=C(C#N)c1scc2c1OCO2. The predicted octanol–water partition coefficient (Wildman–Crippen LogP) is 1.80. The Labute approximate surface area is 95.0 Å². The molecule has 0 bridgehead atoms. The summed E-state index contributed by atoms with van der Waals surface area (Å²) in [4.78, 5) is 0.466. The minimum absolute atomic E-state index is 0.0294. The van der Waals surface area contributed by atoms with Gasteiger partial charge in [0.15, 0.2) is 11.5 Å². The molecular weight excluding hydrogens is 226 g/mol. The third-order valence-corrected chi connectivity index (χ3v) is 2.90. The van der Waals surface area contributed by atoms with Crippen LogP contribution in [-0.2, 0) is 0 Å². The molecule has 0 spiro atoms. The van der Waals surface area contributed by atoms with E-state index in [0.29, 0.717) is 16.4 Å². The largest absolute Gasteiger partial charge is 0.453 e. The van der Waals surface area contributed by atoms with Gasteiger partial charge in [-0.1, -0.05) is 0 Å². The number of nitrogens with zero attached hydrogens (tertiary/aromatic N) is 3. The molecule has 6 heteroatoms. The van der Waals surface area contributed by atoms with Gasteiger partial charge in [0.1, 0.15) is 29.4 Å². The molecule has 76 valence electrons. The van der Waals surface area contributed by atoms with Crippen LogP contribution in [0.2, 0.25) is 0 Å². The van der Waals surface area contributed by atoms with E-state index in [1.54, 1.807) is 17.5 Å². The average Bonchev–Trinajstić information content (AvgIpc) is 2.88. The molecule has 0 radical (unpaired) electrons. The van der Waals surface area contributed by atoms with Gasteiger partial charge in [-0.15, -0.1) is 11.3 Å². The molecule has 0 saturated carbocycles. The maximum atomic E-state index is 8.96. The standard InChI is InChI=1S/C10H3N3O2S/c11-1-6(2-12)7(3-13)10-9-8(4-16-10)14-5-15-9/h4H,5H2. The smallest absolute Gasteiger partial charge is 0.231 e. The maximum Gasteiger partial charge on any atom is 0.231 e. The fourth-order valence-corrected chi connectivity index (χ4v) is 2.18. The van der Waals surface area contributed by atoms with Gasteiger partial charge in [-0.05, 0) is 0 Å². The quantitative estimate of drug-likeness (QED) is 0.685. The van der Waals surface area contributed by atoms with Crippen molar-refractivity contribution in [3.8, 4) is 29.7 Å². The van der Waals surface area contributed by atoms with Crippen LogP contribution < -0.4 is 9.47 Å². The van der Waals surface area contributed by atoms with Crippen molar-refractivity contribution >= 4 is 16.9 Å². The first-order chi connectivity index (χ1) is 7.81. The molecule has 0 aromatic carbocycles. The molecule has 2 heterocycles. The highest BCUT2D eigenvalue weighted by atomic mass is 32.1. The van der Waals surface area contributed by atoms with Gasteiger partial charge < -0.3 is 9.47 Å². The molecule has 0 saturated heterocycles. The Bertz CT molecular complexity index is 579. The van der Waals surface area contributed by atoms with Gasteiger partial charge in [0.2, 0.25) is 6.79 Å². The molecule has 0 atom stereocenters. The number of nitriles is 3. The van der Waals surface area contributed by atoms with Crippen molar-refractivity contribution < 1.29 is 9.47 Å². The van der Waals surface area contributed by atoms with Crippen LogP contribution in [0.15, 0.2) is 11.0 Å². The number of ether oxygens (including phenoxy) is 2. The summed E-state index contributed by atoms with van der Waals surface area (Å²) in [5.41, 5.74) is -0.190. The van der Waals surface area contributed by atoms with Crippen LogP contribution in [-0.4, -0.2) is 6.79 Å². The number of hydrogen-bond acceptors (Lipinski definition) is 6. The molecule has 1 aromatic heterocycles. The van der Waals surface area contributed by atoms with Crippen molar-refractivity contribution in [1.82, 2.24) is 0 Å². The summed E-state index contributed by atoms with van der Waals surface area (Å²) in [5, 5.41) is 28.1. The molecule has 5 nitrogen and oxygen atoms in total. The number of thiophene rings is 1. The fraction of sp³-hybridized carbons (Fsp3) is 0.100. The molecule has 1 aliphatic rings. The zero-order valence-corrected chi connectivity index (χ0v) is 8.67. The van der Waals surface area contributed by atoms with E-state index >= 15 is 0 Å². The summed E-state index contributed by atoms with van der Waals surface area (Å²) in [5.74, 6) is 0.979. The second-order valence-corrected chi connectivity index (χ2v) is 3.63. The highest BCUT2D eigenvalue weighted by Gasteiger charge is 2.24. The fourth-order valence-electron chi connectivity index (χ4n) is 1.25. The Morgan fingerprint density at radius 2 is 1.94 bits per heavy atom. The van der Waals surface area contributed by atoms with Crippen LogP contribution in [0, 0.1) is 34.0 Å². The lowest BCUT2D eigenvalue weighted by molar-refractivity contribution is 0.173. The van der Waals surface area contributed by atoms with Crippen molar-refractivity contribution in [3.63, 3.8) is 0 Å². The Morgan fingerprint density at radius 1 is 1.19 bits per heavy atom. The second-order valence-electron chi connectivity index (χ2n) is 2.75. The van der Waals surface area contributed by atoms with Gasteiger partial charge >= 0.3 is 0 Å². The lowest BCUT2D eigenvalue weighted by atomic mass is 10.1. The van der Waals surface area contributed by atoms with Crippen LogP contribution >= 0.6 is 11.3 Å². The third-order valence-electron chi connectivity index (χ3n) is 1.94. The summed E-state index contributed by atoms with van der Waals surface area (Å²) in [6, 6.07) is 5.22. The number of fused-ring (bicyclic) bond motifs is 1. The first kappa shape index (κ1) is 10.0. The zero-order valence-electron chi connectivity index (χ0n) is 7.85. The molecule has 0 unspecified atom stereocenters. The summed E-state index contributed by atoms with van der Waals surface area (Å²) in [6.45, 7) is 0.0956. The van der Waals surface area contributed by atoms with Crippen LogP contribution in [0.25, 0.3) is 5.57 Å². The van der Waals surface area contributed by atoms with E-state index in [2.05, 4.69) is 0 Å². The van der Waals surface area contributed by atoms with E-state index in [0.717, 1.165) is 0 Å². The van der Waals surface area contributed by atoms with E-state index < -0.39 is 0 Å².